The summed E-state index contributed by atoms with van der Waals surface area (Å²) in [6.07, 6.45) is 1.81. The van der Waals surface area contributed by atoms with Crippen molar-refractivity contribution >= 4 is 11.1 Å². The lowest BCUT2D eigenvalue weighted by Crippen LogP contribution is -1.78. The summed E-state index contributed by atoms with van der Waals surface area (Å²) in [6.45, 7) is 3.86. The van der Waals surface area contributed by atoms with Crippen LogP contribution in [0.3, 0.4) is 0 Å². The van der Waals surface area contributed by atoms with E-state index in [1.54, 1.807) is 0 Å². The van der Waals surface area contributed by atoms with Crippen LogP contribution in [0.4, 0.5) is 0 Å². The molecule has 0 aliphatic rings. The van der Waals surface area contributed by atoms with E-state index in [0.717, 1.165) is 22.4 Å². The second-order valence-corrected chi connectivity index (χ2v) is 2.63. The van der Waals surface area contributed by atoms with Crippen molar-refractivity contribution in [3.63, 3.8) is 0 Å². The van der Waals surface area contributed by atoms with Crippen LogP contribution in [0.1, 0.15) is 11.3 Å². The molecule has 0 saturated heterocycles. The van der Waals surface area contributed by atoms with E-state index < -0.39 is 0 Å². The fraction of sp³-hybridized carbons (Fsp3) is 0.250. The number of hydrogen-bond donors (Lipinski definition) is 0. The van der Waals surface area contributed by atoms with Crippen molar-refractivity contribution in [3.8, 4) is 0 Å². The van der Waals surface area contributed by atoms with Crippen LogP contribution < -0.4 is 0 Å². The number of fused-ring (bicyclic) bond motifs is 1. The smallest absolute Gasteiger partial charge is 0.185 e. The highest BCUT2D eigenvalue weighted by molar-refractivity contribution is 5.74. The number of aromatic nitrogens is 2. The fourth-order valence-electron chi connectivity index (χ4n) is 1.04. The molecule has 56 valence electrons. The van der Waals surface area contributed by atoms with Crippen molar-refractivity contribution in [1.82, 2.24) is 10.1 Å². The predicted octanol–water partition coefficient (Wildman–Crippen LogP) is 1.84. The molecule has 0 spiro atoms. The Morgan fingerprint density at radius 2 is 2.18 bits per heavy atom. The first-order chi connectivity index (χ1) is 5.27. The van der Waals surface area contributed by atoms with Gasteiger partial charge in [-0.25, -0.2) is 0 Å². The van der Waals surface area contributed by atoms with Gasteiger partial charge in [-0.15, -0.1) is 0 Å². The molecular weight excluding hydrogens is 140 g/mol. The van der Waals surface area contributed by atoms with Gasteiger partial charge in [-0.3, -0.25) is 4.98 Å². The van der Waals surface area contributed by atoms with Gasteiger partial charge in [0.15, 0.2) is 5.58 Å². The molecule has 11 heavy (non-hydrogen) atoms. The van der Waals surface area contributed by atoms with Crippen molar-refractivity contribution in [3.05, 3.63) is 23.5 Å². The van der Waals surface area contributed by atoms with Crippen LogP contribution in [0.15, 0.2) is 16.8 Å². The Morgan fingerprint density at radius 3 is 3.00 bits per heavy atom. The molecule has 2 rings (SSSR count). The Kier molecular flexibility index (Phi) is 1.18. The molecule has 2 aromatic heterocycles. The molecule has 0 fully saturated rings. The Labute approximate surface area is 64.0 Å². The van der Waals surface area contributed by atoms with Gasteiger partial charge in [0.1, 0.15) is 11.2 Å². The van der Waals surface area contributed by atoms with Crippen LogP contribution in [0.5, 0.6) is 0 Å². The maximum absolute atomic E-state index is 5.02. The van der Waals surface area contributed by atoms with E-state index in [-0.39, 0.29) is 0 Å². The molecule has 0 aromatic carbocycles. The molecule has 0 saturated carbocycles. The monoisotopic (exact) mass is 148 g/mol. The third-order valence-corrected chi connectivity index (χ3v) is 1.61. The minimum absolute atomic E-state index is 0.766. The van der Waals surface area contributed by atoms with Crippen LogP contribution in [0.25, 0.3) is 11.1 Å². The van der Waals surface area contributed by atoms with Gasteiger partial charge >= 0.3 is 0 Å². The highest BCUT2D eigenvalue weighted by Crippen LogP contribution is 2.15. The minimum atomic E-state index is 0.766. The van der Waals surface area contributed by atoms with Crippen LogP contribution in [-0.2, 0) is 0 Å². The van der Waals surface area contributed by atoms with E-state index in [4.69, 9.17) is 4.52 Å². The average Bonchev–Trinajstić information content (AvgIpc) is 2.32. The lowest BCUT2D eigenvalue weighted by atomic mass is 10.3. The second-order valence-electron chi connectivity index (χ2n) is 2.63. The Balaban J connectivity index is 2.86. The van der Waals surface area contributed by atoms with Crippen LogP contribution in [0.2, 0.25) is 0 Å². The first-order valence-corrected chi connectivity index (χ1v) is 3.46. The maximum Gasteiger partial charge on any atom is 0.185 e. The van der Waals surface area contributed by atoms with Crippen LogP contribution >= 0.6 is 0 Å². The number of hydrogen-bond acceptors (Lipinski definition) is 3. The third kappa shape index (κ3) is 0.888. The quantitative estimate of drug-likeness (QED) is 0.572. The fourth-order valence-corrected chi connectivity index (χ4v) is 1.04. The molecule has 3 nitrogen and oxygen atoms in total. The SMILES string of the molecule is Cc1cnc2c(C)noc2c1. The molecule has 0 radical (unpaired) electrons. The summed E-state index contributed by atoms with van der Waals surface area (Å²) in [6, 6.07) is 1.93. The Morgan fingerprint density at radius 1 is 1.36 bits per heavy atom. The number of nitrogens with zero attached hydrogens (tertiary/aromatic N) is 2. The molecule has 0 bridgehead atoms. The summed E-state index contributed by atoms with van der Waals surface area (Å²) >= 11 is 0. The van der Waals surface area contributed by atoms with Crippen molar-refractivity contribution in [2.24, 2.45) is 0 Å². The van der Waals surface area contributed by atoms with Crippen molar-refractivity contribution in [1.29, 1.82) is 0 Å². The average molecular weight is 148 g/mol. The van der Waals surface area contributed by atoms with Crippen LogP contribution in [-0.4, -0.2) is 10.1 Å². The maximum atomic E-state index is 5.02. The van der Waals surface area contributed by atoms with Gasteiger partial charge in [-0.05, 0) is 25.5 Å². The molecule has 0 N–H and O–H groups in total. The van der Waals surface area contributed by atoms with Gasteiger partial charge in [0.25, 0.3) is 0 Å². The largest absolute Gasteiger partial charge is 0.354 e. The molecule has 3 heteroatoms. The predicted molar refractivity (Wildman–Crippen MR) is 41.3 cm³/mol. The van der Waals surface area contributed by atoms with Crippen molar-refractivity contribution in [2.45, 2.75) is 13.8 Å². The molecular formula is C8H8N2O. The van der Waals surface area contributed by atoms with Gasteiger partial charge < -0.3 is 4.52 Å². The molecule has 2 heterocycles. The highest BCUT2D eigenvalue weighted by Gasteiger charge is 2.03. The summed E-state index contributed by atoms with van der Waals surface area (Å²) in [7, 11) is 0. The zero-order valence-electron chi connectivity index (χ0n) is 6.46. The van der Waals surface area contributed by atoms with E-state index >= 15 is 0 Å². The van der Waals surface area contributed by atoms with Gasteiger partial charge in [-0.2, -0.15) is 0 Å². The highest BCUT2D eigenvalue weighted by atomic mass is 16.5. The zero-order chi connectivity index (χ0) is 7.84. The summed E-state index contributed by atoms with van der Waals surface area (Å²) in [5, 5.41) is 3.80. The summed E-state index contributed by atoms with van der Waals surface area (Å²) < 4.78 is 5.02. The van der Waals surface area contributed by atoms with E-state index in [9.17, 15) is 0 Å². The Hall–Kier alpha value is -1.38. The third-order valence-electron chi connectivity index (χ3n) is 1.61. The van der Waals surface area contributed by atoms with Gasteiger partial charge in [-0.1, -0.05) is 5.16 Å². The Bertz CT molecular complexity index is 392. The van der Waals surface area contributed by atoms with Gasteiger partial charge in [0, 0.05) is 6.20 Å². The zero-order valence-corrected chi connectivity index (χ0v) is 6.46. The normalized spacial score (nSPS) is 10.7. The minimum Gasteiger partial charge on any atom is -0.354 e. The van der Waals surface area contributed by atoms with Gasteiger partial charge in [0.05, 0.1) is 0 Å². The van der Waals surface area contributed by atoms with E-state index in [0.29, 0.717) is 0 Å². The standard InChI is InChI=1S/C8H8N2O/c1-5-3-7-8(9-4-5)6(2)10-11-7/h3-4H,1-2H3. The summed E-state index contributed by atoms with van der Waals surface area (Å²) in [4.78, 5) is 4.18. The van der Waals surface area contributed by atoms with E-state index in [2.05, 4.69) is 10.1 Å². The lowest BCUT2D eigenvalue weighted by Gasteiger charge is -1.88. The topological polar surface area (TPSA) is 38.9 Å². The number of rotatable bonds is 0. The van der Waals surface area contributed by atoms with Crippen molar-refractivity contribution < 1.29 is 4.52 Å². The first-order valence-electron chi connectivity index (χ1n) is 3.46. The van der Waals surface area contributed by atoms with E-state index in [1.165, 1.54) is 0 Å². The number of pyridine rings is 1. The molecule has 2 aromatic rings. The second kappa shape index (κ2) is 2.05. The number of aryl methyl sites for hydroxylation is 2. The summed E-state index contributed by atoms with van der Waals surface area (Å²) in [5.41, 5.74) is 3.56. The van der Waals surface area contributed by atoms with E-state index in [1.807, 2.05) is 26.1 Å². The molecule has 0 unspecified atom stereocenters. The molecule has 0 amide bonds. The van der Waals surface area contributed by atoms with Gasteiger partial charge in [0.2, 0.25) is 0 Å². The first kappa shape index (κ1) is 6.34. The lowest BCUT2D eigenvalue weighted by molar-refractivity contribution is 0.450. The van der Waals surface area contributed by atoms with Crippen LogP contribution in [0, 0.1) is 13.8 Å². The van der Waals surface area contributed by atoms with Crippen molar-refractivity contribution in [2.75, 3.05) is 0 Å². The molecule has 0 aliphatic carbocycles. The molecule has 0 aliphatic heterocycles. The molecule has 0 atom stereocenters. The summed E-state index contributed by atoms with van der Waals surface area (Å²) in [5.74, 6) is 0.